The maximum Gasteiger partial charge on any atom is 0.326 e. The third-order valence-corrected chi connectivity index (χ3v) is 3.26. The lowest BCUT2D eigenvalue weighted by atomic mass is 10.1. The van der Waals surface area contributed by atoms with E-state index in [1.165, 1.54) is 24.5 Å². The number of aliphatic carboxylic acids is 1. The van der Waals surface area contributed by atoms with E-state index in [1.54, 1.807) is 6.08 Å². The van der Waals surface area contributed by atoms with Gasteiger partial charge < -0.3 is 15.2 Å². The van der Waals surface area contributed by atoms with Crippen LogP contribution in [0.2, 0.25) is 0 Å². The third kappa shape index (κ3) is 5.66. The molecule has 0 aliphatic heterocycles. The molecule has 20 heavy (non-hydrogen) atoms. The maximum absolute atomic E-state index is 11.6. The van der Waals surface area contributed by atoms with Gasteiger partial charge in [-0.2, -0.15) is 0 Å². The fraction of sp³-hybridized carbons (Fsp3) is 0.308. The fourth-order valence-electron chi connectivity index (χ4n) is 1.39. The molecule has 0 spiro atoms. The highest BCUT2D eigenvalue weighted by atomic mass is 32.1. The number of methoxy groups -OCH3 is 1. The molecule has 1 heterocycles. The van der Waals surface area contributed by atoms with Crippen LogP contribution in [0.1, 0.15) is 17.7 Å². The zero-order valence-corrected chi connectivity index (χ0v) is 11.7. The summed E-state index contributed by atoms with van der Waals surface area (Å²) >= 11 is 1.46. The molecule has 0 aliphatic carbocycles. The Labute approximate surface area is 120 Å². The molecule has 1 aromatic rings. The van der Waals surface area contributed by atoms with Crippen LogP contribution >= 0.6 is 11.3 Å². The van der Waals surface area contributed by atoms with Crippen LogP contribution in [0, 0.1) is 0 Å². The highest BCUT2D eigenvalue weighted by Gasteiger charge is 2.20. The van der Waals surface area contributed by atoms with Crippen LogP contribution in [0.3, 0.4) is 0 Å². The third-order valence-electron chi connectivity index (χ3n) is 2.42. The second-order valence-corrected chi connectivity index (χ2v) is 4.84. The van der Waals surface area contributed by atoms with Crippen molar-refractivity contribution in [1.82, 2.24) is 5.32 Å². The Balaban J connectivity index is 2.50. The number of carbonyl (C=O) groups is 3. The minimum Gasteiger partial charge on any atom is -0.480 e. The molecule has 2 N–H and O–H groups in total. The number of esters is 1. The Morgan fingerprint density at radius 1 is 1.50 bits per heavy atom. The molecule has 0 saturated carbocycles. The number of hydrogen-bond donors (Lipinski definition) is 2. The van der Waals surface area contributed by atoms with Gasteiger partial charge in [-0.3, -0.25) is 9.59 Å². The van der Waals surface area contributed by atoms with Crippen molar-refractivity contribution in [2.75, 3.05) is 7.11 Å². The average molecular weight is 297 g/mol. The summed E-state index contributed by atoms with van der Waals surface area (Å²) < 4.78 is 4.42. The normalized spacial score (nSPS) is 12.1. The van der Waals surface area contributed by atoms with Crippen LogP contribution in [0.5, 0.6) is 0 Å². The molecule has 0 unspecified atom stereocenters. The Bertz CT molecular complexity index is 495. The van der Waals surface area contributed by atoms with Gasteiger partial charge in [-0.15, -0.1) is 11.3 Å². The Morgan fingerprint density at radius 2 is 2.25 bits per heavy atom. The first-order valence-electron chi connectivity index (χ1n) is 5.84. The van der Waals surface area contributed by atoms with Gasteiger partial charge in [0.15, 0.2) is 0 Å². The standard InChI is InChI=1S/C13H15NO5S/c1-19-12(16)7-5-10(13(17)18)14-11(15)6-4-9-3-2-8-20-9/h2-4,6,8,10H,5,7H2,1H3,(H,14,15)(H,17,18)/b6-4+/t10-/m0/s1. The predicted octanol–water partition coefficient (Wildman–Crippen LogP) is 1.28. The molecular weight excluding hydrogens is 282 g/mol. The molecule has 0 fully saturated rings. The number of carboxylic acid groups (broad SMARTS) is 1. The van der Waals surface area contributed by atoms with Crippen molar-refractivity contribution in [3.63, 3.8) is 0 Å². The lowest BCUT2D eigenvalue weighted by Gasteiger charge is -2.12. The van der Waals surface area contributed by atoms with Crippen molar-refractivity contribution in [3.05, 3.63) is 28.5 Å². The monoisotopic (exact) mass is 297 g/mol. The molecule has 6 nitrogen and oxygen atoms in total. The van der Waals surface area contributed by atoms with E-state index in [-0.39, 0.29) is 12.8 Å². The summed E-state index contributed by atoms with van der Waals surface area (Å²) in [5, 5.41) is 13.2. The Kier molecular flexibility index (Phi) is 6.45. The average Bonchev–Trinajstić information content (AvgIpc) is 2.93. The molecule has 1 aromatic heterocycles. The fourth-order valence-corrected chi connectivity index (χ4v) is 2.00. The number of ether oxygens (including phenoxy) is 1. The summed E-state index contributed by atoms with van der Waals surface area (Å²) in [6.07, 6.45) is 2.78. The second-order valence-electron chi connectivity index (χ2n) is 3.86. The molecule has 0 radical (unpaired) electrons. The second kappa shape index (κ2) is 8.11. The van der Waals surface area contributed by atoms with Crippen molar-refractivity contribution in [2.24, 2.45) is 0 Å². The van der Waals surface area contributed by atoms with Crippen molar-refractivity contribution >= 4 is 35.3 Å². The zero-order valence-electron chi connectivity index (χ0n) is 10.9. The highest BCUT2D eigenvalue weighted by molar-refractivity contribution is 7.10. The van der Waals surface area contributed by atoms with Crippen LogP contribution < -0.4 is 5.32 Å². The van der Waals surface area contributed by atoms with Gasteiger partial charge in [0.2, 0.25) is 5.91 Å². The van der Waals surface area contributed by atoms with Gasteiger partial charge in [-0.1, -0.05) is 6.07 Å². The maximum atomic E-state index is 11.6. The minimum atomic E-state index is -1.19. The molecular formula is C13H15NO5S. The summed E-state index contributed by atoms with van der Waals surface area (Å²) in [6.45, 7) is 0. The van der Waals surface area contributed by atoms with Crippen molar-refractivity contribution in [2.45, 2.75) is 18.9 Å². The van der Waals surface area contributed by atoms with Gasteiger partial charge in [0.1, 0.15) is 6.04 Å². The van der Waals surface area contributed by atoms with Gasteiger partial charge in [-0.25, -0.2) is 4.79 Å². The summed E-state index contributed by atoms with van der Waals surface area (Å²) in [6, 6.07) is 2.56. The van der Waals surface area contributed by atoms with Crippen LogP contribution in [0.25, 0.3) is 6.08 Å². The van der Waals surface area contributed by atoms with E-state index < -0.39 is 23.9 Å². The zero-order chi connectivity index (χ0) is 15.0. The van der Waals surface area contributed by atoms with E-state index in [0.717, 1.165) is 4.88 Å². The molecule has 0 aromatic carbocycles. The van der Waals surface area contributed by atoms with E-state index >= 15 is 0 Å². The largest absolute Gasteiger partial charge is 0.480 e. The van der Waals surface area contributed by atoms with Crippen molar-refractivity contribution < 1.29 is 24.2 Å². The molecule has 108 valence electrons. The van der Waals surface area contributed by atoms with Crippen molar-refractivity contribution in [1.29, 1.82) is 0 Å². The lowest BCUT2D eigenvalue weighted by molar-refractivity contribution is -0.143. The first kappa shape index (κ1) is 15.9. The lowest BCUT2D eigenvalue weighted by Crippen LogP contribution is -2.40. The summed E-state index contributed by atoms with van der Waals surface area (Å²) in [5.41, 5.74) is 0. The smallest absolute Gasteiger partial charge is 0.326 e. The molecule has 0 aliphatic rings. The number of thiophene rings is 1. The molecule has 1 amide bonds. The number of nitrogens with one attached hydrogen (secondary N) is 1. The van der Waals surface area contributed by atoms with E-state index in [4.69, 9.17) is 5.11 Å². The predicted molar refractivity (Wildman–Crippen MR) is 74.2 cm³/mol. The van der Waals surface area contributed by atoms with Gasteiger partial charge in [0.25, 0.3) is 0 Å². The summed E-state index contributed by atoms with van der Waals surface area (Å²) in [5.74, 6) is -2.22. The van der Waals surface area contributed by atoms with Gasteiger partial charge in [-0.05, 0) is 23.9 Å². The number of carbonyl (C=O) groups excluding carboxylic acids is 2. The minimum absolute atomic E-state index is 0.0133. The highest BCUT2D eigenvalue weighted by Crippen LogP contribution is 2.10. The first-order valence-corrected chi connectivity index (χ1v) is 6.72. The molecule has 0 bridgehead atoms. The van der Waals surface area contributed by atoms with Crippen LogP contribution in [-0.4, -0.2) is 36.1 Å². The molecule has 7 heteroatoms. The topological polar surface area (TPSA) is 92.7 Å². The van der Waals surface area contributed by atoms with Crippen molar-refractivity contribution in [3.8, 4) is 0 Å². The summed E-state index contributed by atoms with van der Waals surface area (Å²) in [4.78, 5) is 34.4. The van der Waals surface area contributed by atoms with Gasteiger partial charge in [0, 0.05) is 17.4 Å². The molecule has 1 atom stereocenters. The number of rotatable bonds is 7. The summed E-state index contributed by atoms with van der Waals surface area (Å²) in [7, 11) is 1.22. The van der Waals surface area contributed by atoms with Crippen LogP contribution in [0.15, 0.2) is 23.6 Å². The van der Waals surface area contributed by atoms with Crippen LogP contribution in [0.4, 0.5) is 0 Å². The van der Waals surface area contributed by atoms with Crippen LogP contribution in [-0.2, 0) is 19.1 Å². The Morgan fingerprint density at radius 3 is 2.80 bits per heavy atom. The van der Waals surface area contributed by atoms with E-state index in [9.17, 15) is 14.4 Å². The quantitative estimate of drug-likeness (QED) is 0.584. The van der Waals surface area contributed by atoms with Gasteiger partial charge in [0.05, 0.1) is 7.11 Å². The van der Waals surface area contributed by atoms with E-state index in [1.807, 2.05) is 17.5 Å². The number of amides is 1. The van der Waals surface area contributed by atoms with Gasteiger partial charge >= 0.3 is 11.9 Å². The van der Waals surface area contributed by atoms with E-state index in [0.29, 0.717) is 0 Å². The number of hydrogen-bond acceptors (Lipinski definition) is 5. The number of carboxylic acids is 1. The SMILES string of the molecule is COC(=O)CC[C@H](NC(=O)/C=C/c1cccs1)C(=O)O. The molecule has 0 saturated heterocycles. The first-order chi connectivity index (χ1) is 9.52. The Hall–Kier alpha value is -2.15. The van der Waals surface area contributed by atoms with E-state index in [2.05, 4.69) is 10.1 Å². The molecule has 1 rings (SSSR count).